The Balaban J connectivity index is 0.00000400. The van der Waals surface area contributed by atoms with Crippen LogP contribution in [-0.4, -0.2) is 69.3 Å². The number of hydrogen-bond donors (Lipinski definition) is 6. The Bertz CT molecular complexity index is 1380. The Hall–Kier alpha value is -1.08. The third kappa shape index (κ3) is 7.77. The van der Waals surface area contributed by atoms with Crippen molar-refractivity contribution in [2.24, 2.45) is 0 Å². The van der Waals surface area contributed by atoms with Gasteiger partial charge in [-0.25, -0.2) is 28.4 Å². The van der Waals surface area contributed by atoms with Crippen molar-refractivity contribution in [3.05, 3.63) is 36.8 Å². The number of phosphoric ester groups is 1. The maximum absolute atomic E-state index is 11.9. The van der Waals surface area contributed by atoms with Crippen molar-refractivity contribution in [3.63, 3.8) is 0 Å². The maximum atomic E-state index is 11.9. The van der Waals surface area contributed by atoms with Crippen molar-refractivity contribution in [2.45, 2.75) is 31.1 Å². The van der Waals surface area contributed by atoms with Crippen molar-refractivity contribution >= 4 is 40.4 Å². The summed E-state index contributed by atoms with van der Waals surface area (Å²) in [7, 11) is -17.1. The largest absolute Gasteiger partial charge is 1.00 e. The van der Waals surface area contributed by atoms with E-state index < -0.39 is 54.6 Å². The summed E-state index contributed by atoms with van der Waals surface area (Å²) in [4.78, 5) is 50.2. The van der Waals surface area contributed by atoms with Crippen LogP contribution in [0.4, 0.5) is 5.82 Å². The molecule has 1 aliphatic rings. The van der Waals surface area contributed by atoms with E-state index in [4.69, 9.17) is 18.9 Å². The number of aliphatic hydroxyl groups is 2. The zero-order valence-corrected chi connectivity index (χ0v) is 23.8. The number of imidazole rings is 1. The monoisotopic (exact) mass is 609 g/mol. The van der Waals surface area contributed by atoms with E-state index in [1.807, 2.05) is 0 Å². The second-order valence-corrected chi connectivity index (χ2v) is 11.8. The number of fused-ring (bicyclic) bond motifs is 1. The molecule has 0 aliphatic carbocycles. The van der Waals surface area contributed by atoms with Crippen LogP contribution in [0.25, 0.3) is 11.2 Å². The number of nitrogens with one attached hydrogen (secondary N) is 1. The summed E-state index contributed by atoms with van der Waals surface area (Å²) in [5, 5.41) is 23.8. The molecule has 0 radical (unpaired) electrons. The zero-order chi connectivity index (χ0) is 27.0. The van der Waals surface area contributed by atoms with E-state index in [0.717, 1.165) is 0 Å². The average Bonchev–Trinajstić information content (AvgIpc) is 3.49. The van der Waals surface area contributed by atoms with E-state index in [1.165, 1.54) is 23.5 Å². The first kappa shape index (κ1) is 31.4. The van der Waals surface area contributed by atoms with Gasteiger partial charge in [0.05, 0.1) is 25.7 Å². The van der Waals surface area contributed by atoms with Crippen LogP contribution in [0.2, 0.25) is 0 Å². The molecular weight excluding hydrogens is 590 g/mol. The molecule has 0 saturated carbocycles. The van der Waals surface area contributed by atoms with Gasteiger partial charge in [0.25, 0.3) is 7.82 Å². The summed E-state index contributed by atoms with van der Waals surface area (Å²) in [5.41, 5.74) is 0.473. The Labute approximate surface area is 234 Å². The number of nitrogens with zero attached hydrogens (tertiary/aromatic N) is 4. The third-order valence-corrected chi connectivity index (χ3v) is 8.57. The van der Waals surface area contributed by atoms with Crippen molar-refractivity contribution in [3.8, 4) is 0 Å². The molecule has 0 aromatic carbocycles. The Kier molecular flexibility index (Phi) is 10.1. The number of anilines is 1. The minimum atomic E-state index is -5.81. The fraction of sp³-hybridized carbons (Fsp3) is 0.400. The van der Waals surface area contributed by atoms with Crippen LogP contribution in [-0.2, 0) is 38.1 Å². The molecule has 19 nitrogen and oxygen atoms in total. The topological polar surface area (TPSA) is 281 Å². The van der Waals surface area contributed by atoms with Gasteiger partial charge in [0, 0.05) is 0 Å². The molecule has 1 aliphatic heterocycles. The molecule has 38 heavy (non-hydrogen) atoms. The maximum Gasteiger partial charge on any atom is 1.00 e. The number of phosphoric acid groups is 3. The van der Waals surface area contributed by atoms with Gasteiger partial charge in [0.2, 0.25) is 0 Å². The van der Waals surface area contributed by atoms with E-state index >= 15 is 0 Å². The second-order valence-electron chi connectivity index (χ2n) is 7.39. The quantitative estimate of drug-likeness (QED) is 0.0903. The van der Waals surface area contributed by atoms with Gasteiger partial charge >= 0.3 is 45.2 Å². The average molecular weight is 609 g/mol. The van der Waals surface area contributed by atoms with Gasteiger partial charge in [-0.1, -0.05) is 0 Å². The number of rotatable bonds is 11. The van der Waals surface area contributed by atoms with Gasteiger partial charge in [0.1, 0.15) is 30.4 Å². The van der Waals surface area contributed by atoms with Gasteiger partial charge in [-0.15, -0.1) is 0 Å². The smallest absolute Gasteiger partial charge is 0.756 e. The molecule has 3 aromatic heterocycles. The Morgan fingerprint density at radius 3 is 2.47 bits per heavy atom. The molecule has 204 valence electrons. The summed E-state index contributed by atoms with van der Waals surface area (Å²) in [6.07, 6.45) is -2.15. The predicted octanol–water partition coefficient (Wildman–Crippen LogP) is -3.63. The first-order valence-electron chi connectivity index (χ1n) is 9.97. The molecule has 6 N–H and O–H groups in total. The summed E-state index contributed by atoms with van der Waals surface area (Å²) in [5.74, 6) is 0.951. The summed E-state index contributed by atoms with van der Waals surface area (Å²) < 4.78 is 57.5. The van der Waals surface area contributed by atoms with Gasteiger partial charge in [-0.3, -0.25) is 13.7 Å². The standard InChI is InChI=1S/C15H20N5O14P3.Na/c21-11-9(5-31-36(26,27)34-37(28,29)33-35(23,24)25)32-15(12(11)22)20-7-19-10-13(17-6-18-14(10)20)16-4-8-2-1-3-30-8;/h1-3,6-7,9,11-12,15,21-22H,4-5H2,(H,26,27)(H,28,29)(H,16,17,18)(H2,23,24,25);/q;+1/p-1/t9-,11-,12-,15-;/m1./s1. The van der Waals surface area contributed by atoms with Crippen LogP contribution >= 0.6 is 23.5 Å². The van der Waals surface area contributed by atoms with Gasteiger partial charge in [0.15, 0.2) is 23.2 Å². The molecular formula is C15H19N5NaO14P3. The van der Waals surface area contributed by atoms with Crippen molar-refractivity contribution in [1.82, 2.24) is 19.5 Å². The van der Waals surface area contributed by atoms with E-state index in [0.29, 0.717) is 11.6 Å². The molecule has 0 spiro atoms. The number of hydrogen-bond acceptors (Lipinski definition) is 15. The first-order chi connectivity index (χ1) is 17.2. The van der Waals surface area contributed by atoms with Crippen LogP contribution in [0.5, 0.6) is 0 Å². The van der Waals surface area contributed by atoms with E-state index in [2.05, 4.69) is 33.4 Å². The fourth-order valence-corrected chi connectivity index (χ4v) is 6.31. The third-order valence-electron chi connectivity index (χ3n) is 4.79. The fourth-order valence-electron chi connectivity index (χ4n) is 3.32. The minimum Gasteiger partial charge on any atom is -0.756 e. The molecule has 7 atom stereocenters. The van der Waals surface area contributed by atoms with Gasteiger partial charge < -0.3 is 44.3 Å². The number of aliphatic hydroxyl groups excluding tert-OH is 2. The molecule has 0 amide bonds. The summed E-state index contributed by atoms with van der Waals surface area (Å²) in [6.45, 7) is -0.694. The number of ether oxygens (including phenoxy) is 1. The molecule has 3 unspecified atom stereocenters. The SMILES string of the molecule is O=P([O-])(O)OP(=O)(O)OP(=O)(O)OC[C@H]1O[C@@H](n2cnc3c(NCc4ccco4)ncnc32)[C@H](O)[C@@H]1O.[Na+]. The first-order valence-corrected chi connectivity index (χ1v) is 14.5. The Morgan fingerprint density at radius 2 is 1.82 bits per heavy atom. The second kappa shape index (κ2) is 12.2. The van der Waals surface area contributed by atoms with Crippen LogP contribution in [0.1, 0.15) is 12.0 Å². The molecule has 0 bridgehead atoms. The van der Waals surface area contributed by atoms with Gasteiger partial charge in [-0.05, 0) is 12.1 Å². The van der Waals surface area contributed by atoms with Crippen LogP contribution in [0.3, 0.4) is 0 Å². The van der Waals surface area contributed by atoms with Crippen molar-refractivity contribution in [2.75, 3.05) is 11.9 Å². The predicted molar refractivity (Wildman–Crippen MR) is 115 cm³/mol. The molecule has 4 heterocycles. The molecule has 1 saturated heterocycles. The molecule has 23 heteroatoms. The summed E-state index contributed by atoms with van der Waals surface area (Å²) >= 11 is 0. The molecule has 1 fully saturated rings. The van der Waals surface area contributed by atoms with Crippen molar-refractivity contribution in [1.29, 1.82) is 0 Å². The van der Waals surface area contributed by atoms with Crippen LogP contribution in [0, 0.1) is 0 Å². The zero-order valence-electron chi connectivity index (χ0n) is 19.2. The Morgan fingerprint density at radius 1 is 1.08 bits per heavy atom. The number of furan rings is 1. The van der Waals surface area contributed by atoms with Gasteiger partial charge in [-0.2, -0.15) is 4.31 Å². The van der Waals surface area contributed by atoms with E-state index in [-0.39, 0.29) is 47.3 Å². The molecule has 4 rings (SSSR count). The van der Waals surface area contributed by atoms with E-state index in [1.54, 1.807) is 12.1 Å². The van der Waals surface area contributed by atoms with Crippen LogP contribution < -0.4 is 39.8 Å². The molecule has 3 aromatic rings. The van der Waals surface area contributed by atoms with E-state index in [9.17, 15) is 33.7 Å². The number of aromatic nitrogens is 4. The minimum absolute atomic E-state index is 0. The van der Waals surface area contributed by atoms with Crippen molar-refractivity contribution < 1.29 is 95.3 Å². The van der Waals surface area contributed by atoms with Crippen LogP contribution in [0.15, 0.2) is 35.5 Å². The normalized spacial score (nSPS) is 26.3. The summed E-state index contributed by atoms with van der Waals surface area (Å²) in [6, 6.07) is 3.46.